The van der Waals surface area contributed by atoms with Crippen LogP contribution in [0.15, 0.2) is 73.1 Å². The molecule has 0 saturated carbocycles. The zero-order valence-corrected chi connectivity index (χ0v) is 17.4. The number of carbonyl (C=O) groups is 1. The number of para-hydroxylation sites is 2. The van der Waals surface area contributed by atoms with E-state index in [0.29, 0.717) is 11.3 Å². The molecule has 0 unspecified atom stereocenters. The van der Waals surface area contributed by atoms with E-state index in [4.69, 9.17) is 4.74 Å². The van der Waals surface area contributed by atoms with Crippen LogP contribution in [0.1, 0.15) is 21.6 Å². The largest absolute Gasteiger partial charge is 0.486 e. The van der Waals surface area contributed by atoms with E-state index in [9.17, 15) is 4.79 Å². The van der Waals surface area contributed by atoms with Crippen molar-refractivity contribution in [3.8, 4) is 5.75 Å². The number of benzene rings is 2. The van der Waals surface area contributed by atoms with Crippen molar-refractivity contribution in [2.75, 3.05) is 5.32 Å². The Kier molecular flexibility index (Phi) is 5.29. The maximum absolute atomic E-state index is 12.8. The number of ether oxygens (including phenoxy) is 1. The van der Waals surface area contributed by atoms with Crippen LogP contribution in [-0.2, 0) is 6.61 Å². The third-order valence-corrected chi connectivity index (χ3v) is 5.30. The van der Waals surface area contributed by atoms with E-state index in [1.54, 1.807) is 12.1 Å². The molecule has 0 aliphatic carbocycles. The maximum atomic E-state index is 12.8. The first-order chi connectivity index (χ1) is 13.6. The Morgan fingerprint density at radius 3 is 2.71 bits per heavy atom. The SMILES string of the molecule is Cc1cccn2cc(COc3ccccc3C(=O)Nc3ccccc3I)nc12. The third kappa shape index (κ3) is 3.87. The van der Waals surface area contributed by atoms with Gasteiger partial charge in [-0.1, -0.05) is 30.3 Å². The van der Waals surface area contributed by atoms with Gasteiger partial charge in [0.1, 0.15) is 18.0 Å². The van der Waals surface area contributed by atoms with Crippen LogP contribution in [0.2, 0.25) is 0 Å². The third-order valence-electron chi connectivity index (χ3n) is 4.36. The molecule has 1 amide bonds. The van der Waals surface area contributed by atoms with Gasteiger partial charge in [0.15, 0.2) is 0 Å². The van der Waals surface area contributed by atoms with E-state index in [-0.39, 0.29) is 12.5 Å². The number of rotatable bonds is 5. The van der Waals surface area contributed by atoms with Crippen LogP contribution in [-0.4, -0.2) is 15.3 Å². The van der Waals surface area contributed by atoms with Crippen LogP contribution in [0.4, 0.5) is 5.69 Å². The molecule has 140 valence electrons. The van der Waals surface area contributed by atoms with Crippen LogP contribution < -0.4 is 10.1 Å². The second-order valence-electron chi connectivity index (χ2n) is 6.37. The van der Waals surface area contributed by atoms with Crippen LogP contribution in [0.5, 0.6) is 5.75 Å². The highest BCUT2D eigenvalue weighted by atomic mass is 127. The molecule has 2 heterocycles. The predicted octanol–water partition coefficient (Wildman–Crippen LogP) is 5.08. The second-order valence-corrected chi connectivity index (χ2v) is 7.54. The predicted molar refractivity (Wildman–Crippen MR) is 118 cm³/mol. The molecule has 1 N–H and O–H groups in total. The first-order valence-corrected chi connectivity index (χ1v) is 9.90. The summed E-state index contributed by atoms with van der Waals surface area (Å²) in [4.78, 5) is 17.4. The van der Waals surface area contributed by atoms with Crippen molar-refractivity contribution < 1.29 is 9.53 Å². The van der Waals surface area contributed by atoms with Gasteiger partial charge in [0.25, 0.3) is 5.91 Å². The molecular formula is C22H18IN3O2. The number of nitrogens with one attached hydrogen (secondary N) is 1. The van der Waals surface area contributed by atoms with Crippen molar-refractivity contribution in [1.29, 1.82) is 0 Å². The van der Waals surface area contributed by atoms with Gasteiger partial charge in [0.05, 0.1) is 16.9 Å². The number of aromatic nitrogens is 2. The second kappa shape index (κ2) is 8.02. The molecule has 0 aliphatic rings. The van der Waals surface area contributed by atoms with Crippen molar-refractivity contribution in [2.24, 2.45) is 0 Å². The van der Waals surface area contributed by atoms with Crippen LogP contribution in [0.3, 0.4) is 0 Å². The van der Waals surface area contributed by atoms with Gasteiger partial charge in [-0.25, -0.2) is 4.98 Å². The molecule has 0 aliphatic heterocycles. The van der Waals surface area contributed by atoms with Crippen molar-refractivity contribution in [2.45, 2.75) is 13.5 Å². The minimum absolute atomic E-state index is 0.203. The summed E-state index contributed by atoms with van der Waals surface area (Å²) in [7, 11) is 0. The molecule has 0 fully saturated rings. The minimum Gasteiger partial charge on any atom is -0.486 e. The zero-order chi connectivity index (χ0) is 19.5. The standard InChI is InChI=1S/C22H18IN3O2/c1-15-7-6-12-26-13-16(24-21(15)26)14-28-20-11-5-2-8-17(20)22(27)25-19-10-4-3-9-18(19)23/h2-13H,14H2,1H3,(H,25,27). The first kappa shape index (κ1) is 18.5. The molecule has 2 aromatic heterocycles. The number of aryl methyl sites for hydroxylation is 1. The van der Waals surface area contributed by atoms with Gasteiger partial charge >= 0.3 is 0 Å². The van der Waals surface area contributed by atoms with Gasteiger partial charge in [0, 0.05) is 16.0 Å². The summed E-state index contributed by atoms with van der Waals surface area (Å²) >= 11 is 2.20. The van der Waals surface area contributed by atoms with E-state index in [1.165, 1.54) is 0 Å². The minimum atomic E-state index is -0.203. The van der Waals surface area contributed by atoms with E-state index in [0.717, 1.165) is 26.2 Å². The quantitative estimate of drug-likeness (QED) is 0.403. The average Bonchev–Trinajstić information content (AvgIpc) is 3.13. The monoisotopic (exact) mass is 483 g/mol. The lowest BCUT2D eigenvalue weighted by Gasteiger charge is -2.11. The van der Waals surface area contributed by atoms with Crippen LogP contribution in [0, 0.1) is 10.5 Å². The van der Waals surface area contributed by atoms with Crippen molar-refractivity contribution in [1.82, 2.24) is 9.38 Å². The number of carbonyl (C=O) groups excluding carboxylic acids is 1. The molecule has 5 nitrogen and oxygen atoms in total. The number of nitrogens with zero attached hydrogens (tertiary/aromatic N) is 2. The van der Waals surface area contributed by atoms with Crippen molar-refractivity contribution >= 4 is 39.8 Å². The fourth-order valence-electron chi connectivity index (χ4n) is 2.96. The highest BCUT2D eigenvalue weighted by Crippen LogP contribution is 2.23. The Morgan fingerprint density at radius 2 is 1.89 bits per heavy atom. The summed E-state index contributed by atoms with van der Waals surface area (Å²) < 4.78 is 8.90. The van der Waals surface area contributed by atoms with Gasteiger partial charge in [-0.3, -0.25) is 4.79 Å². The fraction of sp³-hybridized carbons (Fsp3) is 0.0909. The van der Waals surface area contributed by atoms with Gasteiger partial charge < -0.3 is 14.5 Å². The highest BCUT2D eigenvalue weighted by molar-refractivity contribution is 14.1. The number of pyridine rings is 1. The average molecular weight is 483 g/mol. The Hall–Kier alpha value is -2.87. The molecule has 0 spiro atoms. The summed E-state index contributed by atoms with van der Waals surface area (Å²) in [6.45, 7) is 2.31. The highest BCUT2D eigenvalue weighted by Gasteiger charge is 2.14. The molecule has 6 heteroatoms. The lowest BCUT2D eigenvalue weighted by molar-refractivity contribution is 0.102. The number of anilines is 1. The summed E-state index contributed by atoms with van der Waals surface area (Å²) in [5.74, 6) is 0.324. The van der Waals surface area contributed by atoms with Crippen LogP contribution in [0.25, 0.3) is 5.65 Å². The first-order valence-electron chi connectivity index (χ1n) is 8.83. The van der Waals surface area contributed by atoms with Gasteiger partial charge in [-0.05, 0) is 65.4 Å². The van der Waals surface area contributed by atoms with Gasteiger partial charge in [-0.15, -0.1) is 0 Å². The molecule has 2 aromatic carbocycles. The lowest BCUT2D eigenvalue weighted by Crippen LogP contribution is -2.14. The molecule has 0 saturated heterocycles. The lowest BCUT2D eigenvalue weighted by atomic mass is 10.2. The fourth-order valence-corrected chi connectivity index (χ4v) is 3.48. The van der Waals surface area contributed by atoms with Gasteiger partial charge in [0.2, 0.25) is 0 Å². The summed E-state index contributed by atoms with van der Waals surface area (Å²) in [5, 5.41) is 2.95. The summed E-state index contributed by atoms with van der Waals surface area (Å²) in [5.41, 5.74) is 4.08. The smallest absolute Gasteiger partial charge is 0.259 e. The number of halogens is 1. The van der Waals surface area contributed by atoms with E-state index >= 15 is 0 Å². The maximum Gasteiger partial charge on any atom is 0.259 e. The van der Waals surface area contributed by atoms with Crippen LogP contribution >= 0.6 is 22.6 Å². The van der Waals surface area contributed by atoms with E-state index in [1.807, 2.05) is 72.2 Å². The Balaban J connectivity index is 1.53. The topological polar surface area (TPSA) is 55.6 Å². The molecule has 4 rings (SSSR count). The Morgan fingerprint density at radius 1 is 1.11 bits per heavy atom. The Bertz CT molecular complexity index is 1150. The number of fused-ring (bicyclic) bond motifs is 1. The van der Waals surface area contributed by atoms with Crippen molar-refractivity contribution in [3.63, 3.8) is 0 Å². The number of hydrogen-bond donors (Lipinski definition) is 1. The van der Waals surface area contributed by atoms with Gasteiger partial charge in [-0.2, -0.15) is 0 Å². The number of imidazole rings is 1. The van der Waals surface area contributed by atoms with E-state index < -0.39 is 0 Å². The molecule has 28 heavy (non-hydrogen) atoms. The summed E-state index contributed by atoms with van der Waals surface area (Å²) in [6, 6.07) is 18.9. The Labute approximate surface area is 176 Å². The van der Waals surface area contributed by atoms with E-state index in [2.05, 4.69) is 32.9 Å². The molecule has 0 bridgehead atoms. The molecule has 0 atom stereocenters. The molecule has 4 aromatic rings. The summed E-state index contributed by atoms with van der Waals surface area (Å²) in [6.07, 6.45) is 3.90. The normalized spacial score (nSPS) is 10.8. The molecular weight excluding hydrogens is 465 g/mol. The molecule has 0 radical (unpaired) electrons. The number of hydrogen-bond acceptors (Lipinski definition) is 3. The number of amides is 1. The van der Waals surface area contributed by atoms with Crippen molar-refractivity contribution in [3.05, 3.63) is 93.4 Å². The zero-order valence-electron chi connectivity index (χ0n) is 15.2.